The number of likely N-dealkylation sites (tertiary alicyclic amines) is 1. The number of nitro groups is 1. The summed E-state index contributed by atoms with van der Waals surface area (Å²) in [7, 11) is 0. The Morgan fingerprint density at radius 1 is 1.11 bits per heavy atom. The van der Waals surface area contributed by atoms with Gasteiger partial charge in [0, 0.05) is 36.3 Å². The number of hydrogen-bond donors (Lipinski definition) is 1. The molecule has 1 aliphatic heterocycles. The van der Waals surface area contributed by atoms with Crippen molar-refractivity contribution in [2.75, 3.05) is 25.0 Å². The summed E-state index contributed by atoms with van der Waals surface area (Å²) in [6.45, 7) is 8.30. The second-order valence-corrected chi connectivity index (χ2v) is 8.95. The summed E-state index contributed by atoms with van der Waals surface area (Å²) < 4.78 is 11.2. The molecule has 0 aliphatic carbocycles. The summed E-state index contributed by atoms with van der Waals surface area (Å²) in [5, 5.41) is 18.5. The van der Waals surface area contributed by atoms with Gasteiger partial charge in [-0.15, -0.1) is 0 Å². The number of hydrogen-bond acceptors (Lipinski definition) is 7. The van der Waals surface area contributed by atoms with Gasteiger partial charge < -0.3 is 19.5 Å². The molecule has 1 aliphatic rings. The van der Waals surface area contributed by atoms with Gasteiger partial charge in [0.1, 0.15) is 17.3 Å². The molecule has 184 valence electrons. The molecule has 0 bridgehead atoms. The molecule has 0 saturated carbocycles. The van der Waals surface area contributed by atoms with Crippen LogP contribution in [0.1, 0.15) is 42.7 Å². The van der Waals surface area contributed by atoms with Gasteiger partial charge in [-0.3, -0.25) is 14.9 Å². The van der Waals surface area contributed by atoms with E-state index in [1.165, 1.54) is 31.4 Å². The first-order chi connectivity index (χ1) is 16.8. The van der Waals surface area contributed by atoms with Crippen LogP contribution in [0.5, 0.6) is 11.5 Å². The second-order valence-electron chi connectivity index (χ2n) is 8.95. The number of carbonyl (C=O) groups is 1. The fraction of sp³-hybridized carbons (Fsp3) is 0.385. The van der Waals surface area contributed by atoms with Crippen molar-refractivity contribution in [1.82, 2.24) is 10.1 Å². The standard InChI is InChI=1S/C26H30N4O5/c1-17-7-8-22(16-24(17)27-25(31)9-12-29-10-5-4-6-11-29)34-23-14-20(13-21(15-23)30(32)33)26-18(2)28-35-19(26)3/h7-8,13-16H,4-6,9-12H2,1-3H3,(H,27,31). The highest BCUT2D eigenvalue weighted by Crippen LogP contribution is 2.36. The minimum Gasteiger partial charge on any atom is -0.457 e. The van der Waals surface area contributed by atoms with E-state index < -0.39 is 4.92 Å². The monoisotopic (exact) mass is 478 g/mol. The zero-order chi connectivity index (χ0) is 24.9. The Labute approximate surface area is 204 Å². The van der Waals surface area contributed by atoms with Crippen LogP contribution in [0.3, 0.4) is 0 Å². The number of piperidine rings is 1. The van der Waals surface area contributed by atoms with Crippen molar-refractivity contribution in [3.05, 3.63) is 63.5 Å². The normalized spacial score (nSPS) is 14.0. The van der Waals surface area contributed by atoms with Crippen LogP contribution in [0.2, 0.25) is 0 Å². The van der Waals surface area contributed by atoms with E-state index in [-0.39, 0.29) is 11.6 Å². The van der Waals surface area contributed by atoms with Gasteiger partial charge in [0.05, 0.1) is 16.7 Å². The largest absolute Gasteiger partial charge is 0.457 e. The van der Waals surface area contributed by atoms with E-state index in [1.807, 2.05) is 13.0 Å². The lowest BCUT2D eigenvalue weighted by molar-refractivity contribution is -0.384. The summed E-state index contributed by atoms with van der Waals surface area (Å²) >= 11 is 0. The number of anilines is 1. The van der Waals surface area contributed by atoms with Gasteiger partial charge in [-0.05, 0) is 70.0 Å². The van der Waals surface area contributed by atoms with E-state index in [9.17, 15) is 14.9 Å². The maximum Gasteiger partial charge on any atom is 0.273 e. The van der Waals surface area contributed by atoms with Gasteiger partial charge in [-0.2, -0.15) is 0 Å². The number of nitrogens with zero attached hydrogens (tertiary/aromatic N) is 3. The van der Waals surface area contributed by atoms with Crippen molar-refractivity contribution < 1.29 is 19.0 Å². The smallest absolute Gasteiger partial charge is 0.273 e. The van der Waals surface area contributed by atoms with Crippen LogP contribution in [-0.2, 0) is 4.79 Å². The summed E-state index contributed by atoms with van der Waals surface area (Å²) in [6, 6.07) is 9.93. The molecule has 4 rings (SSSR count). The molecule has 2 aromatic carbocycles. The SMILES string of the molecule is Cc1ccc(Oc2cc(-c3c(C)noc3C)cc([N+](=O)[O-])c2)cc1NC(=O)CCN1CCCCC1. The maximum absolute atomic E-state index is 12.6. The molecule has 3 aromatic rings. The van der Waals surface area contributed by atoms with Gasteiger partial charge in [0.2, 0.25) is 5.91 Å². The lowest BCUT2D eigenvalue weighted by Crippen LogP contribution is -2.32. The van der Waals surface area contributed by atoms with E-state index in [1.54, 1.807) is 32.0 Å². The molecular formula is C26H30N4O5. The summed E-state index contributed by atoms with van der Waals surface area (Å²) in [5.41, 5.74) is 3.38. The number of ether oxygens (including phenoxy) is 1. The van der Waals surface area contributed by atoms with E-state index in [0.717, 1.165) is 25.2 Å². The third-order valence-electron chi connectivity index (χ3n) is 6.25. The van der Waals surface area contributed by atoms with Crippen LogP contribution in [0, 0.1) is 30.9 Å². The van der Waals surface area contributed by atoms with Gasteiger partial charge in [0.25, 0.3) is 5.69 Å². The minimum absolute atomic E-state index is 0.0492. The number of nitrogens with one attached hydrogen (secondary N) is 1. The number of benzene rings is 2. The molecule has 1 N–H and O–H groups in total. The van der Waals surface area contributed by atoms with Gasteiger partial charge in [-0.25, -0.2) is 0 Å². The summed E-state index contributed by atoms with van der Waals surface area (Å²) in [5.74, 6) is 1.29. The number of rotatable bonds is 8. The molecular weight excluding hydrogens is 448 g/mol. The fourth-order valence-electron chi connectivity index (χ4n) is 4.38. The fourth-order valence-corrected chi connectivity index (χ4v) is 4.38. The highest BCUT2D eigenvalue weighted by Gasteiger charge is 2.18. The molecule has 2 heterocycles. The molecule has 9 heteroatoms. The molecule has 35 heavy (non-hydrogen) atoms. The Kier molecular flexibility index (Phi) is 7.45. The maximum atomic E-state index is 12.6. The highest BCUT2D eigenvalue weighted by molar-refractivity contribution is 5.91. The second kappa shape index (κ2) is 10.7. The number of aryl methyl sites for hydroxylation is 3. The van der Waals surface area contributed by atoms with Crippen molar-refractivity contribution in [2.45, 2.75) is 46.5 Å². The number of nitro benzene ring substituents is 1. The molecule has 1 amide bonds. The lowest BCUT2D eigenvalue weighted by atomic mass is 10.0. The van der Waals surface area contributed by atoms with E-state index in [4.69, 9.17) is 9.26 Å². The van der Waals surface area contributed by atoms with Crippen LogP contribution in [0.4, 0.5) is 11.4 Å². The number of amides is 1. The summed E-state index contributed by atoms with van der Waals surface area (Å²) in [4.78, 5) is 26.0. The van der Waals surface area contributed by atoms with E-state index in [2.05, 4.69) is 15.4 Å². The van der Waals surface area contributed by atoms with Crippen molar-refractivity contribution >= 4 is 17.3 Å². The number of carbonyl (C=O) groups excluding carboxylic acids is 1. The lowest BCUT2D eigenvalue weighted by Gasteiger charge is -2.26. The Balaban J connectivity index is 1.51. The zero-order valence-electron chi connectivity index (χ0n) is 20.3. The molecule has 1 fully saturated rings. The predicted molar refractivity (Wildman–Crippen MR) is 133 cm³/mol. The summed E-state index contributed by atoms with van der Waals surface area (Å²) in [6.07, 6.45) is 4.07. The molecule has 0 spiro atoms. The van der Waals surface area contributed by atoms with Crippen molar-refractivity contribution in [2.24, 2.45) is 0 Å². The third-order valence-corrected chi connectivity index (χ3v) is 6.25. The first-order valence-corrected chi connectivity index (χ1v) is 11.8. The highest BCUT2D eigenvalue weighted by atomic mass is 16.6. The van der Waals surface area contributed by atoms with Gasteiger partial charge in [0.15, 0.2) is 0 Å². The molecule has 1 aromatic heterocycles. The number of non-ortho nitro benzene ring substituents is 1. The first-order valence-electron chi connectivity index (χ1n) is 11.8. The van der Waals surface area contributed by atoms with Crippen molar-refractivity contribution in [3.63, 3.8) is 0 Å². The average molecular weight is 479 g/mol. The van der Waals surface area contributed by atoms with Gasteiger partial charge >= 0.3 is 0 Å². The quantitative estimate of drug-likeness (QED) is 0.323. The van der Waals surface area contributed by atoms with Crippen LogP contribution < -0.4 is 10.1 Å². The zero-order valence-corrected chi connectivity index (χ0v) is 20.3. The minimum atomic E-state index is -0.461. The van der Waals surface area contributed by atoms with Crippen LogP contribution in [-0.4, -0.2) is 40.5 Å². The Hall–Kier alpha value is -3.72. The third kappa shape index (κ3) is 6.05. The van der Waals surface area contributed by atoms with E-state index in [0.29, 0.717) is 46.2 Å². The molecule has 9 nitrogen and oxygen atoms in total. The topological polar surface area (TPSA) is 111 Å². The Bertz CT molecular complexity index is 1210. The molecule has 0 atom stereocenters. The van der Waals surface area contributed by atoms with Crippen LogP contribution >= 0.6 is 0 Å². The Morgan fingerprint density at radius 3 is 2.57 bits per heavy atom. The van der Waals surface area contributed by atoms with E-state index >= 15 is 0 Å². The average Bonchev–Trinajstić information content (AvgIpc) is 3.18. The van der Waals surface area contributed by atoms with Crippen molar-refractivity contribution in [3.8, 4) is 22.6 Å². The predicted octanol–water partition coefficient (Wildman–Crippen LogP) is 5.78. The number of aromatic nitrogens is 1. The first kappa shape index (κ1) is 24.4. The van der Waals surface area contributed by atoms with Gasteiger partial charge in [-0.1, -0.05) is 17.6 Å². The molecule has 0 radical (unpaired) electrons. The van der Waals surface area contributed by atoms with Crippen LogP contribution in [0.25, 0.3) is 11.1 Å². The molecule has 1 saturated heterocycles. The van der Waals surface area contributed by atoms with Crippen molar-refractivity contribution in [1.29, 1.82) is 0 Å². The molecule has 0 unspecified atom stereocenters. The Morgan fingerprint density at radius 2 is 1.89 bits per heavy atom. The van der Waals surface area contributed by atoms with Crippen LogP contribution in [0.15, 0.2) is 40.9 Å².